The number of sulfonamides is 1. The Bertz CT molecular complexity index is 721. The monoisotopic (exact) mass is 354 g/mol. The van der Waals surface area contributed by atoms with Crippen molar-refractivity contribution in [2.75, 3.05) is 26.2 Å². The summed E-state index contributed by atoms with van der Waals surface area (Å²) < 4.78 is 26.6. The lowest BCUT2D eigenvalue weighted by Gasteiger charge is -2.33. The number of piperazine rings is 1. The molecule has 1 amide bonds. The van der Waals surface area contributed by atoms with Crippen molar-refractivity contribution >= 4 is 27.5 Å². The Morgan fingerprint density at radius 1 is 1.13 bits per heavy atom. The molecule has 5 nitrogen and oxygen atoms in total. The average molecular weight is 355 g/mol. The second kappa shape index (κ2) is 7.77. The van der Waals surface area contributed by atoms with E-state index in [0.29, 0.717) is 13.1 Å². The summed E-state index contributed by atoms with van der Waals surface area (Å²) in [5.74, 6) is -0.113. The highest BCUT2D eigenvalue weighted by atomic mass is 35.5. The van der Waals surface area contributed by atoms with E-state index in [1.165, 1.54) is 16.4 Å². The van der Waals surface area contributed by atoms with Gasteiger partial charge in [-0.25, -0.2) is 8.42 Å². The summed E-state index contributed by atoms with van der Waals surface area (Å²) in [4.78, 5) is 13.7. The maximum Gasteiger partial charge on any atom is 0.246 e. The number of benzene rings is 1. The van der Waals surface area contributed by atoms with Crippen LogP contribution in [-0.2, 0) is 14.8 Å². The van der Waals surface area contributed by atoms with Gasteiger partial charge in [0.05, 0.1) is 5.02 Å². The van der Waals surface area contributed by atoms with E-state index < -0.39 is 10.0 Å². The zero-order chi connectivity index (χ0) is 16.9. The van der Waals surface area contributed by atoms with E-state index in [-0.39, 0.29) is 28.9 Å². The molecule has 1 saturated heterocycles. The van der Waals surface area contributed by atoms with Gasteiger partial charge in [-0.3, -0.25) is 4.79 Å². The number of rotatable bonds is 4. The van der Waals surface area contributed by atoms with Gasteiger partial charge >= 0.3 is 0 Å². The lowest BCUT2D eigenvalue weighted by molar-refractivity contribution is -0.127. The summed E-state index contributed by atoms with van der Waals surface area (Å²) in [7, 11) is -3.63. The molecule has 23 heavy (non-hydrogen) atoms. The fourth-order valence-corrected chi connectivity index (χ4v) is 4.21. The Labute approximate surface area is 141 Å². The van der Waals surface area contributed by atoms with Crippen molar-refractivity contribution in [2.45, 2.75) is 11.8 Å². The Morgan fingerprint density at radius 2 is 1.78 bits per heavy atom. The summed E-state index contributed by atoms with van der Waals surface area (Å²) in [6.45, 7) is 3.12. The highest BCUT2D eigenvalue weighted by molar-refractivity contribution is 7.89. The lowest BCUT2D eigenvalue weighted by Crippen LogP contribution is -2.50. The molecule has 0 spiro atoms. The molecular weight excluding hydrogens is 336 g/mol. The first-order valence-corrected chi connectivity index (χ1v) is 9.11. The van der Waals surface area contributed by atoms with Gasteiger partial charge in [-0.15, -0.1) is 0 Å². The minimum atomic E-state index is -3.63. The van der Waals surface area contributed by atoms with Crippen molar-refractivity contribution in [3.63, 3.8) is 0 Å². The standard InChI is InChI=1S/C16H19ClN2O3S/c1-2-3-4-9-16(20)18-10-12-19(13-11-18)23(21,22)15-8-6-5-7-14(15)17/h2-9H,10-13H2,1H3/b3-2+,9-4+. The van der Waals surface area contributed by atoms with E-state index in [9.17, 15) is 13.2 Å². The van der Waals surface area contributed by atoms with Crippen LogP contribution < -0.4 is 0 Å². The third-order valence-corrected chi connectivity index (χ3v) is 5.95. The fourth-order valence-electron chi connectivity index (χ4n) is 2.30. The van der Waals surface area contributed by atoms with Crippen LogP contribution in [-0.4, -0.2) is 49.7 Å². The van der Waals surface area contributed by atoms with Crippen LogP contribution in [0.1, 0.15) is 6.92 Å². The van der Waals surface area contributed by atoms with Crippen LogP contribution in [0, 0.1) is 0 Å². The zero-order valence-electron chi connectivity index (χ0n) is 12.9. The number of nitrogens with zero attached hydrogens (tertiary/aromatic N) is 2. The van der Waals surface area contributed by atoms with Crippen LogP contribution in [0.25, 0.3) is 0 Å². The molecule has 1 aromatic rings. The number of carbonyl (C=O) groups is 1. The molecule has 124 valence electrons. The molecule has 0 aromatic heterocycles. The molecule has 1 heterocycles. The van der Waals surface area contributed by atoms with Gasteiger partial charge in [0.15, 0.2) is 0 Å². The molecule has 1 aromatic carbocycles. The van der Waals surface area contributed by atoms with Crippen molar-refractivity contribution < 1.29 is 13.2 Å². The van der Waals surface area contributed by atoms with Crippen LogP contribution in [0.15, 0.2) is 53.5 Å². The molecule has 0 atom stereocenters. The van der Waals surface area contributed by atoms with Gasteiger partial charge in [0, 0.05) is 32.3 Å². The first kappa shape index (κ1) is 17.7. The molecule has 1 aliphatic rings. The second-order valence-electron chi connectivity index (χ2n) is 5.04. The molecule has 0 aliphatic carbocycles. The summed E-state index contributed by atoms with van der Waals surface area (Å²) in [6, 6.07) is 6.38. The predicted octanol–water partition coefficient (Wildman–Crippen LogP) is 2.31. The fraction of sp³-hybridized carbons (Fsp3) is 0.312. The topological polar surface area (TPSA) is 57.7 Å². The van der Waals surface area contributed by atoms with E-state index >= 15 is 0 Å². The summed E-state index contributed by atoms with van der Waals surface area (Å²) in [5.41, 5.74) is 0. The lowest BCUT2D eigenvalue weighted by atomic mass is 10.3. The van der Waals surface area contributed by atoms with Gasteiger partial charge in [0.1, 0.15) is 4.90 Å². The maximum absolute atomic E-state index is 12.6. The zero-order valence-corrected chi connectivity index (χ0v) is 14.4. The second-order valence-corrected chi connectivity index (χ2v) is 7.36. The van der Waals surface area contributed by atoms with Gasteiger partial charge in [-0.2, -0.15) is 4.31 Å². The minimum absolute atomic E-state index is 0.106. The summed E-state index contributed by atoms with van der Waals surface area (Å²) in [6.07, 6.45) is 6.77. The Hall–Kier alpha value is -1.63. The van der Waals surface area contributed by atoms with Crippen LogP contribution in [0.3, 0.4) is 0 Å². The normalized spacial score (nSPS) is 17.2. The molecule has 0 N–H and O–H groups in total. The highest BCUT2D eigenvalue weighted by Gasteiger charge is 2.30. The summed E-state index contributed by atoms with van der Waals surface area (Å²) in [5, 5.41) is 0.209. The smallest absolute Gasteiger partial charge is 0.246 e. The van der Waals surface area contributed by atoms with Gasteiger partial charge in [-0.1, -0.05) is 42.0 Å². The van der Waals surface area contributed by atoms with Crippen molar-refractivity contribution in [3.05, 3.63) is 53.6 Å². The number of allylic oxidation sites excluding steroid dienone is 3. The minimum Gasteiger partial charge on any atom is -0.337 e. The first-order chi connectivity index (χ1) is 11.0. The average Bonchev–Trinajstić information content (AvgIpc) is 2.55. The Morgan fingerprint density at radius 3 is 2.39 bits per heavy atom. The van der Waals surface area contributed by atoms with Gasteiger partial charge in [0.2, 0.25) is 15.9 Å². The van der Waals surface area contributed by atoms with Crippen LogP contribution in [0.4, 0.5) is 0 Å². The van der Waals surface area contributed by atoms with Crippen molar-refractivity contribution in [1.29, 1.82) is 0 Å². The van der Waals surface area contributed by atoms with Gasteiger partial charge in [-0.05, 0) is 19.1 Å². The van der Waals surface area contributed by atoms with Crippen molar-refractivity contribution in [3.8, 4) is 0 Å². The molecule has 0 saturated carbocycles. The van der Waals surface area contributed by atoms with Crippen LogP contribution in [0.5, 0.6) is 0 Å². The quantitative estimate of drug-likeness (QED) is 0.616. The molecule has 0 bridgehead atoms. The molecule has 1 aliphatic heterocycles. The largest absolute Gasteiger partial charge is 0.337 e. The Kier molecular flexibility index (Phi) is 5.98. The van der Waals surface area contributed by atoms with Crippen LogP contribution >= 0.6 is 11.6 Å². The Balaban J connectivity index is 2.04. The number of hydrogen-bond acceptors (Lipinski definition) is 3. The SMILES string of the molecule is C/C=C/C=C/C(=O)N1CCN(S(=O)(=O)c2ccccc2Cl)CC1. The highest BCUT2D eigenvalue weighted by Crippen LogP contribution is 2.24. The number of halogens is 1. The maximum atomic E-state index is 12.6. The summed E-state index contributed by atoms with van der Waals surface area (Å²) >= 11 is 5.99. The molecular formula is C16H19ClN2O3S. The van der Waals surface area contributed by atoms with E-state index in [1.54, 1.807) is 35.3 Å². The van der Waals surface area contributed by atoms with E-state index in [4.69, 9.17) is 11.6 Å². The third-order valence-electron chi connectivity index (χ3n) is 3.55. The van der Waals surface area contributed by atoms with Crippen molar-refractivity contribution in [2.24, 2.45) is 0 Å². The number of hydrogen-bond donors (Lipinski definition) is 0. The number of carbonyl (C=O) groups excluding carboxylic acids is 1. The number of amides is 1. The molecule has 0 unspecified atom stereocenters. The third kappa shape index (κ3) is 4.22. The van der Waals surface area contributed by atoms with E-state index in [1.807, 2.05) is 13.0 Å². The predicted molar refractivity (Wildman–Crippen MR) is 90.7 cm³/mol. The molecule has 7 heteroatoms. The van der Waals surface area contributed by atoms with E-state index in [2.05, 4.69) is 0 Å². The molecule has 1 fully saturated rings. The van der Waals surface area contributed by atoms with Gasteiger partial charge in [0.25, 0.3) is 0 Å². The van der Waals surface area contributed by atoms with Gasteiger partial charge < -0.3 is 4.90 Å². The van der Waals surface area contributed by atoms with Crippen LogP contribution in [0.2, 0.25) is 5.02 Å². The molecule has 0 radical (unpaired) electrons. The molecule has 2 rings (SSSR count). The van der Waals surface area contributed by atoms with Crippen molar-refractivity contribution in [1.82, 2.24) is 9.21 Å². The van der Waals surface area contributed by atoms with E-state index in [0.717, 1.165) is 0 Å². The first-order valence-electron chi connectivity index (χ1n) is 7.30.